The summed E-state index contributed by atoms with van der Waals surface area (Å²) < 4.78 is 5.79. The SMILES string of the molecule is CC.CN1CCCOc2c(C#CC(C)(C)O)cccc21. The summed E-state index contributed by atoms with van der Waals surface area (Å²) in [6.45, 7) is 9.04. The minimum atomic E-state index is -0.987. The Balaban J connectivity index is 0.000000956. The standard InChI is InChI=1S/C15H19NO2.C2H6/c1-15(2,17)9-8-12-6-4-7-13-14(12)18-11-5-10-16(13)3;1-2/h4,6-7,17H,5,10-11H2,1-3H3;1-2H3. The Labute approximate surface area is 122 Å². The molecular formula is C17H25NO2. The molecule has 0 bridgehead atoms. The Morgan fingerprint density at radius 2 is 2.00 bits per heavy atom. The van der Waals surface area contributed by atoms with Crippen LogP contribution in [0.25, 0.3) is 0 Å². The minimum Gasteiger partial charge on any atom is -0.490 e. The van der Waals surface area contributed by atoms with Crippen molar-refractivity contribution in [3.05, 3.63) is 23.8 Å². The number of fused-ring (bicyclic) bond motifs is 1. The van der Waals surface area contributed by atoms with Gasteiger partial charge in [0.2, 0.25) is 0 Å². The lowest BCUT2D eigenvalue weighted by atomic mass is 10.1. The van der Waals surface area contributed by atoms with Crippen molar-refractivity contribution in [1.82, 2.24) is 0 Å². The van der Waals surface area contributed by atoms with Crippen LogP contribution in [-0.4, -0.2) is 30.9 Å². The molecule has 1 aromatic rings. The van der Waals surface area contributed by atoms with Gasteiger partial charge in [0.05, 0.1) is 17.9 Å². The van der Waals surface area contributed by atoms with E-state index in [9.17, 15) is 5.11 Å². The average molecular weight is 275 g/mol. The first-order valence-corrected chi connectivity index (χ1v) is 7.20. The molecule has 0 radical (unpaired) electrons. The number of hydrogen-bond acceptors (Lipinski definition) is 3. The van der Waals surface area contributed by atoms with Crippen LogP contribution < -0.4 is 9.64 Å². The minimum absolute atomic E-state index is 0.707. The molecule has 3 heteroatoms. The van der Waals surface area contributed by atoms with Crippen LogP contribution in [0.3, 0.4) is 0 Å². The zero-order chi connectivity index (χ0) is 15.2. The molecule has 1 N–H and O–H groups in total. The maximum absolute atomic E-state index is 9.67. The second-order valence-electron chi connectivity index (χ2n) is 5.09. The molecule has 0 saturated carbocycles. The van der Waals surface area contributed by atoms with Crippen LogP contribution in [0.4, 0.5) is 5.69 Å². The second-order valence-corrected chi connectivity index (χ2v) is 5.09. The van der Waals surface area contributed by atoms with Crippen molar-refractivity contribution in [3.8, 4) is 17.6 Å². The number of hydrogen-bond donors (Lipinski definition) is 1. The fourth-order valence-corrected chi connectivity index (χ4v) is 1.89. The first kappa shape index (κ1) is 16.4. The van der Waals surface area contributed by atoms with Gasteiger partial charge in [-0.25, -0.2) is 0 Å². The van der Waals surface area contributed by atoms with Crippen LogP contribution in [0.2, 0.25) is 0 Å². The lowest BCUT2D eigenvalue weighted by Gasteiger charge is -2.18. The smallest absolute Gasteiger partial charge is 0.158 e. The molecule has 0 aromatic heterocycles. The van der Waals surface area contributed by atoms with Crippen LogP contribution in [-0.2, 0) is 0 Å². The summed E-state index contributed by atoms with van der Waals surface area (Å²) in [6.07, 6.45) is 1.00. The highest BCUT2D eigenvalue weighted by Gasteiger charge is 2.16. The van der Waals surface area contributed by atoms with E-state index in [4.69, 9.17) is 4.74 Å². The molecule has 0 spiro atoms. The van der Waals surface area contributed by atoms with Crippen LogP contribution in [0.5, 0.6) is 5.75 Å². The van der Waals surface area contributed by atoms with E-state index in [-0.39, 0.29) is 0 Å². The van der Waals surface area contributed by atoms with Crippen LogP contribution in [0, 0.1) is 11.8 Å². The Morgan fingerprint density at radius 1 is 1.30 bits per heavy atom. The van der Waals surface area contributed by atoms with Crippen molar-refractivity contribution in [3.63, 3.8) is 0 Å². The molecule has 1 heterocycles. The summed E-state index contributed by atoms with van der Waals surface area (Å²) in [6, 6.07) is 5.94. The molecule has 0 atom stereocenters. The zero-order valence-corrected chi connectivity index (χ0v) is 13.2. The second kappa shape index (κ2) is 7.21. The topological polar surface area (TPSA) is 32.7 Å². The Hall–Kier alpha value is -1.66. The number of rotatable bonds is 0. The summed E-state index contributed by atoms with van der Waals surface area (Å²) in [7, 11) is 2.06. The van der Waals surface area contributed by atoms with E-state index < -0.39 is 5.60 Å². The van der Waals surface area contributed by atoms with Crippen molar-refractivity contribution in [2.45, 2.75) is 39.7 Å². The van der Waals surface area contributed by atoms with Gasteiger partial charge < -0.3 is 14.7 Å². The molecule has 110 valence electrons. The van der Waals surface area contributed by atoms with Crippen LogP contribution in [0.1, 0.15) is 39.7 Å². The quantitative estimate of drug-likeness (QED) is 0.739. The summed E-state index contributed by atoms with van der Waals surface area (Å²) in [5.41, 5.74) is 0.915. The highest BCUT2D eigenvalue weighted by atomic mass is 16.5. The third kappa shape index (κ3) is 4.47. The van der Waals surface area contributed by atoms with E-state index in [1.165, 1.54) is 0 Å². The van der Waals surface area contributed by atoms with E-state index in [0.717, 1.165) is 30.0 Å². The van der Waals surface area contributed by atoms with E-state index in [1.807, 2.05) is 32.0 Å². The number of anilines is 1. The van der Waals surface area contributed by atoms with Crippen molar-refractivity contribution in [2.24, 2.45) is 0 Å². The monoisotopic (exact) mass is 275 g/mol. The van der Waals surface area contributed by atoms with Crippen molar-refractivity contribution in [2.75, 3.05) is 25.1 Å². The normalized spacial score (nSPS) is 13.8. The van der Waals surface area contributed by atoms with Gasteiger partial charge in [0, 0.05) is 13.6 Å². The van der Waals surface area contributed by atoms with E-state index >= 15 is 0 Å². The predicted molar refractivity (Wildman–Crippen MR) is 84.3 cm³/mol. The van der Waals surface area contributed by atoms with Crippen LogP contribution in [0.15, 0.2) is 18.2 Å². The van der Waals surface area contributed by atoms with Crippen LogP contribution >= 0.6 is 0 Å². The van der Waals surface area contributed by atoms with Crippen molar-refractivity contribution in [1.29, 1.82) is 0 Å². The third-order valence-corrected chi connectivity index (χ3v) is 2.79. The van der Waals surface area contributed by atoms with Gasteiger partial charge in [-0.05, 0) is 32.4 Å². The molecule has 0 amide bonds. The highest BCUT2D eigenvalue weighted by Crippen LogP contribution is 2.33. The molecule has 1 aliphatic heterocycles. The van der Waals surface area contributed by atoms with E-state index in [1.54, 1.807) is 13.8 Å². The Kier molecular flexibility index (Phi) is 5.91. The number of benzene rings is 1. The van der Waals surface area contributed by atoms with E-state index in [2.05, 4.69) is 23.8 Å². The maximum atomic E-state index is 9.67. The molecule has 20 heavy (non-hydrogen) atoms. The third-order valence-electron chi connectivity index (χ3n) is 2.79. The zero-order valence-electron chi connectivity index (χ0n) is 13.2. The number of aliphatic hydroxyl groups is 1. The van der Waals surface area contributed by atoms with E-state index in [0.29, 0.717) is 6.61 Å². The summed E-state index contributed by atoms with van der Waals surface area (Å²) in [5.74, 6) is 6.67. The van der Waals surface area contributed by atoms with Gasteiger partial charge in [-0.15, -0.1) is 0 Å². The summed E-state index contributed by atoms with van der Waals surface area (Å²) in [5, 5.41) is 9.67. The molecule has 0 fully saturated rings. The molecule has 3 nitrogen and oxygen atoms in total. The molecule has 1 aliphatic rings. The van der Waals surface area contributed by atoms with Gasteiger partial charge in [0.15, 0.2) is 5.75 Å². The maximum Gasteiger partial charge on any atom is 0.158 e. The lowest BCUT2D eigenvalue weighted by Crippen LogP contribution is -2.17. The number of ether oxygens (including phenoxy) is 1. The summed E-state index contributed by atoms with van der Waals surface area (Å²) in [4.78, 5) is 2.18. The molecule has 2 rings (SSSR count). The van der Waals surface area contributed by atoms with Gasteiger partial charge in [0.1, 0.15) is 5.60 Å². The predicted octanol–water partition coefficient (Wildman–Crippen LogP) is 3.05. The largest absolute Gasteiger partial charge is 0.490 e. The lowest BCUT2D eigenvalue weighted by molar-refractivity contribution is 0.143. The van der Waals surface area contributed by atoms with Gasteiger partial charge >= 0.3 is 0 Å². The Bertz CT molecular complexity index is 492. The fraction of sp³-hybridized carbons (Fsp3) is 0.529. The molecule has 1 aromatic carbocycles. The van der Waals surface area contributed by atoms with Gasteiger partial charge in [-0.1, -0.05) is 31.8 Å². The van der Waals surface area contributed by atoms with Gasteiger partial charge in [-0.2, -0.15) is 0 Å². The molecule has 0 unspecified atom stereocenters. The molecule has 0 aliphatic carbocycles. The number of para-hydroxylation sites is 1. The van der Waals surface area contributed by atoms with Crippen molar-refractivity contribution >= 4 is 5.69 Å². The van der Waals surface area contributed by atoms with Crippen molar-refractivity contribution < 1.29 is 9.84 Å². The first-order chi connectivity index (χ1) is 9.47. The fourth-order valence-electron chi connectivity index (χ4n) is 1.89. The first-order valence-electron chi connectivity index (χ1n) is 7.20. The number of nitrogens with zero attached hydrogens (tertiary/aromatic N) is 1. The van der Waals surface area contributed by atoms with Gasteiger partial charge in [0.25, 0.3) is 0 Å². The summed E-state index contributed by atoms with van der Waals surface area (Å²) >= 11 is 0. The van der Waals surface area contributed by atoms with Gasteiger partial charge in [-0.3, -0.25) is 0 Å². The molecule has 0 saturated heterocycles. The Morgan fingerprint density at radius 3 is 2.65 bits per heavy atom. The molecular weight excluding hydrogens is 250 g/mol. The average Bonchev–Trinajstić information content (AvgIpc) is 2.61. The highest BCUT2D eigenvalue weighted by molar-refractivity contribution is 5.66.